The Balaban J connectivity index is 1.26. The molecule has 0 spiro atoms. The molecule has 1 N–H and O–H groups in total. The van der Waals surface area contributed by atoms with E-state index in [1.807, 2.05) is 4.80 Å². The van der Waals surface area contributed by atoms with Crippen molar-refractivity contribution in [3.8, 4) is 11.3 Å². The molecule has 3 aromatic rings. The lowest BCUT2D eigenvalue weighted by Gasteiger charge is -2.57. The molecule has 4 aliphatic rings. The van der Waals surface area contributed by atoms with Crippen LogP contribution in [-0.4, -0.2) is 20.5 Å². The van der Waals surface area contributed by atoms with E-state index in [0.29, 0.717) is 12.1 Å². The summed E-state index contributed by atoms with van der Waals surface area (Å²) in [7, 11) is 0. The molecule has 0 atom stereocenters. The zero-order valence-corrected chi connectivity index (χ0v) is 18.4. The van der Waals surface area contributed by atoms with Crippen molar-refractivity contribution in [2.45, 2.75) is 64.1 Å². The summed E-state index contributed by atoms with van der Waals surface area (Å²) in [6.07, 6.45) is 8.50. The van der Waals surface area contributed by atoms with E-state index in [4.69, 9.17) is 10.2 Å². The SMILES string of the molecule is Cc1ccc(Cn2nc(CNC34CC5CC(CC(C5)C3)C4)c(-c3ccccc3)n2)cc1. The van der Waals surface area contributed by atoms with Gasteiger partial charge in [-0.05, 0) is 68.8 Å². The Labute approximate surface area is 185 Å². The normalized spacial score (nSPS) is 28.9. The van der Waals surface area contributed by atoms with Gasteiger partial charge < -0.3 is 5.32 Å². The van der Waals surface area contributed by atoms with E-state index >= 15 is 0 Å². The van der Waals surface area contributed by atoms with Gasteiger partial charge in [-0.3, -0.25) is 0 Å². The van der Waals surface area contributed by atoms with Crippen LogP contribution in [0, 0.1) is 24.7 Å². The van der Waals surface area contributed by atoms with Gasteiger partial charge in [-0.25, -0.2) is 0 Å². The van der Waals surface area contributed by atoms with Gasteiger partial charge in [-0.15, -0.1) is 0 Å². The van der Waals surface area contributed by atoms with E-state index < -0.39 is 0 Å². The average molecular weight is 413 g/mol. The fourth-order valence-electron chi connectivity index (χ4n) is 6.85. The minimum absolute atomic E-state index is 0.337. The maximum absolute atomic E-state index is 4.96. The summed E-state index contributed by atoms with van der Waals surface area (Å²) in [4.78, 5) is 1.88. The smallest absolute Gasteiger partial charge is 0.117 e. The van der Waals surface area contributed by atoms with Crippen molar-refractivity contribution < 1.29 is 0 Å². The summed E-state index contributed by atoms with van der Waals surface area (Å²) >= 11 is 0. The van der Waals surface area contributed by atoms with Crippen LogP contribution in [-0.2, 0) is 13.1 Å². The lowest BCUT2D eigenvalue weighted by atomic mass is 9.53. The van der Waals surface area contributed by atoms with Gasteiger partial charge in [0.25, 0.3) is 0 Å². The highest BCUT2D eigenvalue weighted by Gasteiger charge is 2.50. The zero-order valence-electron chi connectivity index (χ0n) is 18.4. The molecule has 4 bridgehead atoms. The van der Waals surface area contributed by atoms with Gasteiger partial charge in [0.2, 0.25) is 0 Å². The maximum atomic E-state index is 4.96. The van der Waals surface area contributed by atoms with Gasteiger partial charge >= 0.3 is 0 Å². The Kier molecular flexibility index (Phi) is 4.71. The van der Waals surface area contributed by atoms with Crippen molar-refractivity contribution in [2.24, 2.45) is 17.8 Å². The van der Waals surface area contributed by atoms with Gasteiger partial charge in [-0.1, -0.05) is 60.2 Å². The highest BCUT2D eigenvalue weighted by atomic mass is 15.5. The Bertz CT molecular complexity index is 1020. The van der Waals surface area contributed by atoms with Crippen molar-refractivity contribution in [3.63, 3.8) is 0 Å². The molecular weight excluding hydrogens is 380 g/mol. The summed E-state index contributed by atoms with van der Waals surface area (Å²) in [5.74, 6) is 2.85. The van der Waals surface area contributed by atoms with Crippen molar-refractivity contribution in [3.05, 3.63) is 71.4 Å². The van der Waals surface area contributed by atoms with E-state index in [1.54, 1.807) is 0 Å². The molecule has 4 saturated carbocycles. The average Bonchev–Trinajstić information content (AvgIpc) is 3.16. The first-order valence-corrected chi connectivity index (χ1v) is 11.9. The molecule has 1 aromatic heterocycles. The molecular formula is C27H32N4. The minimum Gasteiger partial charge on any atom is -0.305 e. The number of aryl methyl sites for hydroxylation is 1. The third kappa shape index (κ3) is 3.82. The summed E-state index contributed by atoms with van der Waals surface area (Å²) in [5, 5.41) is 13.9. The molecule has 0 amide bonds. The molecule has 1 heterocycles. The highest BCUT2D eigenvalue weighted by Crippen LogP contribution is 2.55. The molecule has 4 heteroatoms. The number of rotatable bonds is 6. The number of hydrogen-bond donors (Lipinski definition) is 1. The Hall–Kier alpha value is -2.46. The molecule has 4 fully saturated rings. The first-order valence-electron chi connectivity index (χ1n) is 11.9. The topological polar surface area (TPSA) is 42.7 Å². The number of nitrogens with one attached hydrogen (secondary N) is 1. The molecule has 0 saturated heterocycles. The van der Waals surface area contributed by atoms with Gasteiger partial charge in [0.15, 0.2) is 0 Å². The fraction of sp³-hybridized carbons (Fsp3) is 0.481. The van der Waals surface area contributed by atoms with E-state index in [-0.39, 0.29) is 0 Å². The van der Waals surface area contributed by atoms with Crippen molar-refractivity contribution in [1.82, 2.24) is 20.3 Å². The summed E-state index contributed by atoms with van der Waals surface area (Å²) in [5.41, 5.74) is 6.10. The number of benzene rings is 2. The monoisotopic (exact) mass is 412 g/mol. The van der Waals surface area contributed by atoms with Crippen LogP contribution in [0.25, 0.3) is 11.3 Å². The first kappa shape index (κ1) is 19.2. The van der Waals surface area contributed by atoms with Crippen LogP contribution in [0.2, 0.25) is 0 Å². The number of aromatic nitrogens is 3. The van der Waals surface area contributed by atoms with Crippen molar-refractivity contribution >= 4 is 0 Å². The Morgan fingerprint density at radius 2 is 1.52 bits per heavy atom. The molecule has 7 rings (SSSR count). The quantitative estimate of drug-likeness (QED) is 0.593. The molecule has 0 radical (unpaired) electrons. The van der Waals surface area contributed by atoms with E-state index in [2.05, 4.69) is 66.8 Å². The number of hydrogen-bond acceptors (Lipinski definition) is 3. The van der Waals surface area contributed by atoms with Crippen LogP contribution >= 0.6 is 0 Å². The second kappa shape index (κ2) is 7.59. The largest absolute Gasteiger partial charge is 0.305 e. The minimum atomic E-state index is 0.337. The van der Waals surface area contributed by atoms with E-state index in [1.165, 1.54) is 49.7 Å². The zero-order chi connectivity index (χ0) is 20.8. The van der Waals surface area contributed by atoms with Crippen LogP contribution in [0.3, 0.4) is 0 Å². The van der Waals surface area contributed by atoms with Gasteiger partial charge in [-0.2, -0.15) is 15.0 Å². The maximum Gasteiger partial charge on any atom is 0.117 e. The van der Waals surface area contributed by atoms with Crippen LogP contribution in [0.1, 0.15) is 55.3 Å². The summed E-state index contributed by atoms with van der Waals surface area (Å²) in [6, 6.07) is 19.2. The van der Waals surface area contributed by atoms with E-state index in [9.17, 15) is 0 Å². The molecule has 4 aliphatic carbocycles. The number of nitrogens with zero attached hydrogens (tertiary/aromatic N) is 3. The molecule has 4 nitrogen and oxygen atoms in total. The third-order valence-electron chi connectivity index (χ3n) is 7.89. The van der Waals surface area contributed by atoms with Gasteiger partial charge in [0, 0.05) is 17.6 Å². The summed E-state index contributed by atoms with van der Waals surface area (Å²) in [6.45, 7) is 3.64. The van der Waals surface area contributed by atoms with Crippen molar-refractivity contribution in [2.75, 3.05) is 0 Å². The molecule has 160 valence electrons. The first-order chi connectivity index (χ1) is 15.1. The lowest BCUT2D eigenvalue weighted by molar-refractivity contribution is -0.0207. The Morgan fingerprint density at radius 1 is 0.871 bits per heavy atom. The predicted octanol–water partition coefficient (Wildman–Crippen LogP) is 5.36. The Morgan fingerprint density at radius 3 is 2.16 bits per heavy atom. The predicted molar refractivity (Wildman–Crippen MR) is 123 cm³/mol. The van der Waals surface area contributed by atoms with Crippen LogP contribution < -0.4 is 5.32 Å². The summed E-state index contributed by atoms with van der Waals surface area (Å²) < 4.78 is 0. The standard InChI is InChI=1S/C27H32N4/c1-19-7-9-20(10-8-19)18-31-29-25(26(30-31)24-5-3-2-4-6-24)17-28-27-14-21-11-22(15-27)13-23(12-21)16-27/h2-10,21-23,28H,11-18H2,1H3. The van der Waals surface area contributed by atoms with E-state index in [0.717, 1.165) is 41.2 Å². The third-order valence-corrected chi connectivity index (χ3v) is 7.89. The molecule has 31 heavy (non-hydrogen) atoms. The van der Waals surface area contributed by atoms with Gasteiger partial charge in [0.05, 0.1) is 6.54 Å². The van der Waals surface area contributed by atoms with Gasteiger partial charge in [0.1, 0.15) is 11.4 Å². The second-order valence-electron chi connectivity index (χ2n) is 10.4. The molecule has 0 aliphatic heterocycles. The molecule has 2 aromatic carbocycles. The second-order valence-corrected chi connectivity index (χ2v) is 10.4. The van der Waals surface area contributed by atoms with Crippen LogP contribution in [0.5, 0.6) is 0 Å². The molecule has 0 unspecified atom stereocenters. The lowest BCUT2D eigenvalue weighted by Crippen LogP contribution is -2.58. The van der Waals surface area contributed by atoms with Crippen LogP contribution in [0.15, 0.2) is 54.6 Å². The highest BCUT2D eigenvalue weighted by molar-refractivity contribution is 5.60. The van der Waals surface area contributed by atoms with Crippen LogP contribution in [0.4, 0.5) is 0 Å². The van der Waals surface area contributed by atoms with Crippen molar-refractivity contribution in [1.29, 1.82) is 0 Å². The fourth-order valence-corrected chi connectivity index (χ4v) is 6.85.